The van der Waals surface area contributed by atoms with Gasteiger partial charge in [0.05, 0.1) is 11.0 Å². The summed E-state index contributed by atoms with van der Waals surface area (Å²) in [6.07, 6.45) is 4.63. The second-order valence-corrected chi connectivity index (χ2v) is 8.31. The molecule has 1 saturated heterocycles. The number of imidazole rings is 1. The Kier molecular flexibility index (Phi) is 5.37. The molecule has 0 spiro atoms. The molecule has 1 fully saturated rings. The maximum atomic E-state index is 12.7. The monoisotopic (exact) mass is 415 g/mol. The molecule has 6 heteroatoms. The summed E-state index contributed by atoms with van der Waals surface area (Å²) in [5.74, 6) is 1.30. The van der Waals surface area contributed by atoms with Gasteiger partial charge in [-0.1, -0.05) is 30.3 Å². The zero-order chi connectivity index (χ0) is 21.2. The summed E-state index contributed by atoms with van der Waals surface area (Å²) in [7, 11) is 0. The third-order valence-electron chi connectivity index (χ3n) is 6.47. The maximum absolute atomic E-state index is 12.7. The highest BCUT2D eigenvalue weighted by Gasteiger charge is 2.27. The third-order valence-corrected chi connectivity index (χ3v) is 6.47. The summed E-state index contributed by atoms with van der Waals surface area (Å²) in [5, 5.41) is 4.40. The molecule has 2 aromatic carbocycles. The minimum atomic E-state index is 0.0821. The molecule has 1 amide bonds. The minimum Gasteiger partial charge on any atom is -0.361 e. The van der Waals surface area contributed by atoms with E-state index < -0.39 is 0 Å². The molecule has 0 bridgehead atoms. The number of rotatable bonds is 6. The number of aromatic amines is 1. The van der Waals surface area contributed by atoms with E-state index in [1.165, 1.54) is 16.5 Å². The SMILES string of the molecule is CCn1c(N2CCC(C(=O)NCCc3c[nH]c4ccccc34)CC2)nc2ccccc21. The summed E-state index contributed by atoms with van der Waals surface area (Å²) in [5.41, 5.74) is 4.62. The Labute approximate surface area is 182 Å². The molecule has 1 aliphatic heterocycles. The van der Waals surface area contributed by atoms with Crippen LogP contribution in [0.5, 0.6) is 0 Å². The zero-order valence-electron chi connectivity index (χ0n) is 18.0. The van der Waals surface area contributed by atoms with Gasteiger partial charge >= 0.3 is 0 Å². The summed E-state index contributed by atoms with van der Waals surface area (Å²) in [4.78, 5) is 23.2. The van der Waals surface area contributed by atoms with Crippen molar-refractivity contribution >= 4 is 33.8 Å². The lowest BCUT2D eigenvalue weighted by molar-refractivity contribution is -0.125. The van der Waals surface area contributed by atoms with E-state index in [2.05, 4.69) is 69.3 Å². The first-order chi connectivity index (χ1) is 15.2. The summed E-state index contributed by atoms with van der Waals surface area (Å²) < 4.78 is 2.27. The Hall–Kier alpha value is -3.28. The number of fused-ring (bicyclic) bond motifs is 2. The molecule has 5 rings (SSSR count). The lowest BCUT2D eigenvalue weighted by atomic mass is 9.96. The van der Waals surface area contributed by atoms with Gasteiger partial charge in [0, 0.05) is 49.2 Å². The maximum Gasteiger partial charge on any atom is 0.223 e. The van der Waals surface area contributed by atoms with Gasteiger partial charge in [-0.3, -0.25) is 4.79 Å². The molecule has 0 unspecified atom stereocenters. The number of nitrogens with one attached hydrogen (secondary N) is 2. The van der Waals surface area contributed by atoms with E-state index in [0.717, 1.165) is 55.9 Å². The quantitative estimate of drug-likeness (QED) is 0.498. The van der Waals surface area contributed by atoms with Crippen molar-refractivity contribution < 1.29 is 4.79 Å². The Morgan fingerprint density at radius 3 is 2.74 bits per heavy atom. The van der Waals surface area contributed by atoms with Crippen LogP contribution >= 0.6 is 0 Å². The van der Waals surface area contributed by atoms with Gasteiger partial charge in [0.2, 0.25) is 11.9 Å². The van der Waals surface area contributed by atoms with Crippen LogP contribution in [-0.2, 0) is 17.8 Å². The molecule has 160 valence electrons. The van der Waals surface area contributed by atoms with Crippen molar-refractivity contribution in [3.63, 3.8) is 0 Å². The van der Waals surface area contributed by atoms with Crippen LogP contribution in [0.25, 0.3) is 21.9 Å². The first kappa shape index (κ1) is 19.7. The van der Waals surface area contributed by atoms with Crippen LogP contribution in [0.4, 0.5) is 5.95 Å². The molecule has 4 aromatic rings. The van der Waals surface area contributed by atoms with Crippen molar-refractivity contribution in [1.82, 2.24) is 19.9 Å². The van der Waals surface area contributed by atoms with Crippen LogP contribution in [0.1, 0.15) is 25.3 Å². The van der Waals surface area contributed by atoms with Gasteiger partial charge in [-0.25, -0.2) is 4.98 Å². The molecule has 6 nitrogen and oxygen atoms in total. The number of hydrogen-bond acceptors (Lipinski definition) is 3. The number of H-pyrrole nitrogens is 1. The van der Waals surface area contributed by atoms with Crippen LogP contribution in [0.3, 0.4) is 0 Å². The Morgan fingerprint density at radius 2 is 1.90 bits per heavy atom. The van der Waals surface area contributed by atoms with E-state index in [1.54, 1.807) is 0 Å². The fraction of sp³-hybridized carbons (Fsp3) is 0.360. The number of aryl methyl sites for hydroxylation is 1. The number of anilines is 1. The van der Waals surface area contributed by atoms with Crippen LogP contribution in [0, 0.1) is 5.92 Å². The van der Waals surface area contributed by atoms with Gasteiger partial charge in [-0.15, -0.1) is 0 Å². The highest BCUT2D eigenvalue weighted by molar-refractivity contribution is 5.83. The van der Waals surface area contributed by atoms with E-state index >= 15 is 0 Å². The van der Waals surface area contributed by atoms with Gasteiger partial charge in [-0.2, -0.15) is 0 Å². The first-order valence-corrected chi connectivity index (χ1v) is 11.3. The number of hydrogen-bond donors (Lipinski definition) is 2. The summed E-state index contributed by atoms with van der Waals surface area (Å²) >= 11 is 0. The fourth-order valence-electron chi connectivity index (χ4n) is 4.76. The van der Waals surface area contributed by atoms with Crippen molar-refractivity contribution in [3.8, 4) is 0 Å². The van der Waals surface area contributed by atoms with E-state index in [1.807, 2.05) is 12.1 Å². The smallest absolute Gasteiger partial charge is 0.223 e. The predicted molar refractivity (Wildman–Crippen MR) is 125 cm³/mol. The minimum absolute atomic E-state index is 0.0821. The average molecular weight is 416 g/mol. The van der Waals surface area contributed by atoms with E-state index in [0.29, 0.717) is 6.54 Å². The van der Waals surface area contributed by atoms with Gasteiger partial charge < -0.3 is 19.8 Å². The van der Waals surface area contributed by atoms with E-state index in [-0.39, 0.29) is 11.8 Å². The Balaban J connectivity index is 1.17. The number of piperidine rings is 1. The number of para-hydroxylation sites is 3. The average Bonchev–Trinajstić information content (AvgIpc) is 3.40. The second-order valence-electron chi connectivity index (χ2n) is 8.31. The molecule has 0 saturated carbocycles. The van der Waals surface area contributed by atoms with E-state index in [4.69, 9.17) is 4.98 Å². The highest BCUT2D eigenvalue weighted by atomic mass is 16.1. The van der Waals surface area contributed by atoms with Gasteiger partial charge in [-0.05, 0) is 49.9 Å². The largest absolute Gasteiger partial charge is 0.361 e. The molecule has 3 heterocycles. The van der Waals surface area contributed by atoms with Crippen molar-refractivity contribution in [2.24, 2.45) is 5.92 Å². The second kappa shape index (κ2) is 8.46. The summed E-state index contributed by atoms with van der Waals surface area (Å²) in [6.45, 7) is 5.45. The summed E-state index contributed by atoms with van der Waals surface area (Å²) in [6, 6.07) is 16.6. The van der Waals surface area contributed by atoms with Crippen LogP contribution in [0.2, 0.25) is 0 Å². The first-order valence-electron chi connectivity index (χ1n) is 11.3. The number of amides is 1. The van der Waals surface area contributed by atoms with Crippen molar-refractivity contribution in [2.75, 3.05) is 24.5 Å². The predicted octanol–water partition coefficient (Wildman–Crippen LogP) is 4.11. The molecular formula is C25H29N5O. The van der Waals surface area contributed by atoms with Crippen molar-refractivity contribution in [1.29, 1.82) is 0 Å². The number of benzene rings is 2. The third kappa shape index (κ3) is 3.78. The van der Waals surface area contributed by atoms with Crippen LogP contribution < -0.4 is 10.2 Å². The number of carbonyl (C=O) groups is 1. The fourth-order valence-corrected chi connectivity index (χ4v) is 4.76. The van der Waals surface area contributed by atoms with E-state index in [9.17, 15) is 4.79 Å². The molecule has 2 aromatic heterocycles. The lowest BCUT2D eigenvalue weighted by Gasteiger charge is -2.32. The normalized spacial score (nSPS) is 15.1. The Morgan fingerprint density at radius 1 is 1.13 bits per heavy atom. The van der Waals surface area contributed by atoms with Crippen molar-refractivity contribution in [3.05, 3.63) is 60.3 Å². The molecular weight excluding hydrogens is 386 g/mol. The molecule has 1 aliphatic rings. The van der Waals surface area contributed by atoms with Crippen LogP contribution in [0.15, 0.2) is 54.7 Å². The number of carbonyl (C=O) groups excluding carboxylic acids is 1. The topological polar surface area (TPSA) is 66.0 Å². The van der Waals surface area contributed by atoms with Gasteiger partial charge in [0.1, 0.15) is 0 Å². The van der Waals surface area contributed by atoms with Gasteiger partial charge in [0.25, 0.3) is 0 Å². The molecule has 0 aliphatic carbocycles. The molecule has 0 radical (unpaired) electrons. The standard InChI is InChI=1S/C25H29N5O/c1-2-30-23-10-6-5-9-22(23)28-25(30)29-15-12-18(13-16-29)24(31)26-14-11-19-17-27-21-8-4-3-7-20(19)21/h3-10,17-18,27H,2,11-16H2,1H3,(H,26,31). The highest BCUT2D eigenvalue weighted by Crippen LogP contribution is 2.27. The zero-order valence-corrected chi connectivity index (χ0v) is 18.0. The van der Waals surface area contributed by atoms with Gasteiger partial charge in [0.15, 0.2) is 0 Å². The molecule has 0 atom stereocenters. The van der Waals surface area contributed by atoms with Crippen molar-refractivity contribution in [2.45, 2.75) is 32.7 Å². The molecule has 31 heavy (non-hydrogen) atoms. The lowest BCUT2D eigenvalue weighted by Crippen LogP contribution is -2.41. The number of nitrogens with zero attached hydrogens (tertiary/aromatic N) is 3. The van der Waals surface area contributed by atoms with Crippen LogP contribution in [-0.4, -0.2) is 40.1 Å². The molecule has 2 N–H and O–H groups in total. The number of aromatic nitrogens is 3. The Bertz CT molecular complexity index is 1200.